The number of ether oxygens (including phenoxy) is 2. The molecule has 8 nitrogen and oxygen atoms in total. The average Bonchev–Trinajstić information content (AvgIpc) is 2.91. The predicted octanol–water partition coefficient (Wildman–Crippen LogP) is -0.430. The van der Waals surface area contributed by atoms with Crippen molar-refractivity contribution in [3.63, 3.8) is 0 Å². The van der Waals surface area contributed by atoms with Gasteiger partial charge < -0.3 is 28.3 Å². The molecule has 0 aromatic carbocycles. The van der Waals surface area contributed by atoms with Crippen LogP contribution in [0.4, 0.5) is 0 Å². The molecule has 0 aromatic rings. The van der Waals surface area contributed by atoms with Crippen LogP contribution in [0.5, 0.6) is 0 Å². The monoisotopic (exact) mass is 668 g/mol. The van der Waals surface area contributed by atoms with Crippen molar-refractivity contribution in [1.29, 1.82) is 0 Å². The van der Waals surface area contributed by atoms with Gasteiger partial charge in [-0.2, -0.15) is 13.5 Å². The first-order chi connectivity index (χ1) is 19.3. The second kappa shape index (κ2) is 34.8. The van der Waals surface area contributed by atoms with Crippen molar-refractivity contribution < 1.29 is 116 Å². The van der Waals surface area contributed by atoms with Crippen LogP contribution in [0.2, 0.25) is 0 Å². The predicted molar refractivity (Wildman–Crippen MR) is 184 cm³/mol. The minimum atomic E-state index is -5.32. The minimum absolute atomic E-state index is 0. The number of hydrogen-bond donors (Lipinski definition) is 0. The zero-order chi connectivity index (χ0) is 29.7. The number of hydrogen-bond acceptors (Lipinski definition) is 8. The van der Waals surface area contributed by atoms with Gasteiger partial charge in [-0.15, -0.1) is 6.42 Å². The largest absolute Gasteiger partial charge is 1.00 e. The Morgan fingerprint density at radius 2 is 1.19 bits per heavy atom. The van der Waals surface area contributed by atoms with Crippen molar-refractivity contribution in [2.75, 3.05) is 13.2 Å². The third-order valence-corrected chi connectivity index (χ3v) is 5.18. The number of unbranched alkanes of at least 4 members (excludes halogenated alkanes) is 9. The van der Waals surface area contributed by atoms with E-state index in [1.807, 2.05) is 0 Å². The van der Waals surface area contributed by atoms with E-state index >= 15 is 0 Å². The Labute approximate surface area is 327 Å². The summed E-state index contributed by atoms with van der Waals surface area (Å²) in [5.74, 6) is 28.4. The average molecular weight is 669 g/mol. The molecule has 0 N–H and O–H groups in total. The molecule has 0 unspecified atom stereocenters. The van der Waals surface area contributed by atoms with Crippen LogP contribution in [0, 0.1) is 83.4 Å². The first-order valence-electron chi connectivity index (χ1n) is 12.8. The molecule has 0 amide bonds. The number of esters is 2. The van der Waals surface area contributed by atoms with Gasteiger partial charge in [-0.3, -0.25) is 4.79 Å². The van der Waals surface area contributed by atoms with E-state index in [2.05, 4.69) is 88.4 Å². The third kappa shape index (κ3) is 38.3. The first-order valence-corrected chi connectivity index (χ1v) is 14.2. The van der Waals surface area contributed by atoms with Crippen molar-refractivity contribution >= 4 is 33.3 Å². The fourth-order valence-corrected chi connectivity index (χ4v) is 3.25. The topological polar surface area (TPSA) is 125 Å². The summed E-state index contributed by atoms with van der Waals surface area (Å²) < 4.78 is 24.9. The summed E-state index contributed by atoms with van der Waals surface area (Å²) in [5.41, 5.74) is 0. The molecule has 244 valence electrons. The number of rotatable bonds is 17. The molecule has 0 fully saturated rings. The van der Waals surface area contributed by atoms with Gasteiger partial charge in [0, 0.05) is 30.9 Å². The van der Waals surface area contributed by atoms with Crippen LogP contribution in [0.15, 0.2) is 0 Å². The zero-order valence-electron chi connectivity index (χ0n) is 25.1. The molecule has 43 heavy (non-hydrogen) atoms. The molecule has 0 aliphatic rings. The Morgan fingerprint density at radius 3 is 1.65 bits per heavy atom. The summed E-state index contributed by atoms with van der Waals surface area (Å²) in [6.45, 7) is 0.836. The molecule has 0 radical (unpaired) electrons. The van der Waals surface area contributed by atoms with E-state index in [9.17, 15) is 23.9 Å². The van der Waals surface area contributed by atoms with Crippen molar-refractivity contribution in [1.82, 2.24) is 0 Å². The molecule has 12 heteroatoms. The number of carbonyl (C=O) groups is 2. The smallest absolute Gasteiger partial charge is 0.790 e. The van der Waals surface area contributed by atoms with Crippen LogP contribution in [0.25, 0.3) is 0 Å². The van der Waals surface area contributed by atoms with Gasteiger partial charge in [-0.05, 0) is 77.5 Å². The van der Waals surface area contributed by atoms with E-state index in [-0.39, 0.29) is 97.6 Å². The van der Waals surface area contributed by atoms with Crippen LogP contribution >= 0.6 is 21.3 Å². The number of phosphoric ester groups is 1. The van der Waals surface area contributed by atoms with Gasteiger partial charge in [-0.25, -0.2) is 4.79 Å². The van der Waals surface area contributed by atoms with Gasteiger partial charge in [0.2, 0.25) is 0 Å². The van der Waals surface area contributed by atoms with Crippen LogP contribution in [0.1, 0.15) is 96.1 Å². The second-order valence-electron chi connectivity index (χ2n) is 8.03. The Morgan fingerprint density at radius 1 is 0.744 bits per heavy atom. The molecule has 1 atom stereocenters. The zero-order valence-corrected chi connectivity index (χ0v) is 31.0. The van der Waals surface area contributed by atoms with Crippen LogP contribution in [-0.4, -0.2) is 31.3 Å². The van der Waals surface area contributed by atoms with Gasteiger partial charge in [0.25, 0.3) is 0 Å². The Kier molecular flexibility index (Phi) is 39.0. The van der Waals surface area contributed by atoms with E-state index in [0.29, 0.717) is 6.42 Å². The molecule has 0 aliphatic heterocycles. The Balaban J connectivity index is -0.0000000634. The van der Waals surface area contributed by atoms with Gasteiger partial charge in [0.15, 0.2) is 6.10 Å². The van der Waals surface area contributed by atoms with Crippen LogP contribution < -0.4 is 68.9 Å². The molecule has 0 aromatic heterocycles. The second-order valence-corrected chi connectivity index (χ2v) is 9.18. The van der Waals surface area contributed by atoms with Crippen molar-refractivity contribution in [3.8, 4) is 83.4 Å². The molecular formula is C31H59Na2O8PS. The number of carbonyl (C=O) groups excluding carboxylic acids is 2. The maximum absolute atomic E-state index is 12.1. The molecule has 0 rings (SSSR count). The summed E-state index contributed by atoms with van der Waals surface area (Å²) in [4.78, 5) is 45.5. The molecule has 0 spiro atoms. The summed E-state index contributed by atoms with van der Waals surface area (Å²) >= 11 is 0. The number of phosphoric acid groups is 1. The van der Waals surface area contributed by atoms with Crippen molar-refractivity contribution in [2.45, 2.75) is 83.7 Å². The van der Waals surface area contributed by atoms with Gasteiger partial charge in [0.05, 0.1) is 14.4 Å². The van der Waals surface area contributed by atoms with Gasteiger partial charge in [-0.1, -0.05) is 64.7 Å². The van der Waals surface area contributed by atoms with Crippen molar-refractivity contribution in [2.24, 2.45) is 0 Å². The molecule has 0 aliphatic carbocycles. The third-order valence-electron chi connectivity index (χ3n) is 4.71. The molecule has 0 bridgehead atoms. The Hall–Kier alpha value is -1.68. The maximum Gasteiger partial charge on any atom is 1.00 e. The molecule has 0 saturated heterocycles. The SMILES string of the molecule is C#CC#CC#CC#CC#CC#CC#CC(=O)OC[C@@H](COP(=O)([O-])[O-])OC(=O)CCCCCCCCCCCC.S.[HH].[HH].[HH].[HH].[HH].[HH].[HH].[HH].[HH].[HH].[HH].[HH].[HH].[Na+].[Na+]. The minimum Gasteiger partial charge on any atom is -0.790 e. The summed E-state index contributed by atoms with van der Waals surface area (Å²) in [6, 6.07) is 0. The quantitative estimate of drug-likeness (QED) is 0.0511. The standard InChI is InChI=1S/C31H33O8P.2Na.H2S.13H2/c1-3-5-7-9-11-13-15-16-18-19-21-23-25-30(32)37-27-29(28-38-40(34,35)36)39-31(33)26-24-22-20-17-14-12-10-8-6-4-2;;;;;;;;;;;;;;;;/h1,29H,4,6,8,10,12,14,17,20,22,24,26-28H2,2H3,(H2,34,35,36);;;1H2;13*1H/q;2*+1;;;;;;;;;;;;;;/p-2/t29-;;;;;;;;;;;;;;;;/m0................/s1. The summed E-state index contributed by atoms with van der Waals surface area (Å²) in [5, 5.41) is 0. The van der Waals surface area contributed by atoms with Crippen LogP contribution in [-0.2, 0) is 28.2 Å². The maximum atomic E-state index is 12.1. The Bertz CT molecular complexity index is 1330. The fraction of sp³-hybridized carbons (Fsp3) is 0.484. The normalized spacial score (nSPS) is 9.07. The van der Waals surface area contributed by atoms with Gasteiger partial charge >= 0.3 is 71.1 Å². The van der Waals surface area contributed by atoms with Crippen molar-refractivity contribution in [3.05, 3.63) is 0 Å². The van der Waals surface area contributed by atoms with Crippen LogP contribution in [0.3, 0.4) is 0 Å². The van der Waals surface area contributed by atoms with Gasteiger partial charge in [0.1, 0.15) is 6.61 Å². The van der Waals surface area contributed by atoms with E-state index in [0.717, 1.165) is 19.3 Å². The summed E-state index contributed by atoms with van der Waals surface area (Å²) in [6.07, 6.45) is 14.7. The first kappa shape index (κ1) is 48.2. The molecule has 0 heterocycles. The number of terminal acetylenes is 1. The van der Waals surface area contributed by atoms with E-state index in [4.69, 9.17) is 15.9 Å². The van der Waals surface area contributed by atoms with E-state index < -0.39 is 39.1 Å². The van der Waals surface area contributed by atoms with E-state index in [1.54, 1.807) is 0 Å². The van der Waals surface area contributed by atoms with E-state index in [1.165, 1.54) is 38.5 Å². The summed E-state index contributed by atoms with van der Waals surface area (Å²) in [7, 11) is -5.32. The fourth-order valence-electron chi connectivity index (χ4n) is 2.90. The molecule has 0 saturated carbocycles. The molecular weight excluding hydrogens is 609 g/mol.